The van der Waals surface area contributed by atoms with Crippen LogP contribution in [0, 0.1) is 18.8 Å². The van der Waals surface area contributed by atoms with Crippen molar-refractivity contribution in [3.05, 3.63) is 29.6 Å². The van der Waals surface area contributed by atoms with Crippen LogP contribution >= 0.6 is 0 Å². The molecule has 4 heteroatoms. The molecule has 1 fully saturated rings. The maximum absolute atomic E-state index is 12.1. The molecule has 1 saturated carbocycles. The molecule has 1 aliphatic rings. The first-order valence-electron chi connectivity index (χ1n) is 8.83. The zero-order valence-electron chi connectivity index (χ0n) is 14.3. The van der Waals surface area contributed by atoms with E-state index in [2.05, 4.69) is 17.2 Å². The van der Waals surface area contributed by atoms with Gasteiger partial charge in [-0.2, -0.15) is 0 Å². The van der Waals surface area contributed by atoms with Gasteiger partial charge in [-0.05, 0) is 57.1 Å². The minimum Gasteiger partial charge on any atom is -0.352 e. The van der Waals surface area contributed by atoms with Crippen molar-refractivity contribution in [3.8, 4) is 0 Å². The van der Waals surface area contributed by atoms with Gasteiger partial charge in [0.05, 0.1) is 5.56 Å². The number of rotatable bonds is 7. The molecule has 0 unspecified atom stereocenters. The molecule has 0 saturated heterocycles. The molecule has 0 atom stereocenters. The molecule has 23 heavy (non-hydrogen) atoms. The van der Waals surface area contributed by atoms with Crippen molar-refractivity contribution in [1.29, 1.82) is 0 Å². The van der Waals surface area contributed by atoms with Crippen molar-refractivity contribution in [2.24, 2.45) is 11.8 Å². The van der Waals surface area contributed by atoms with Crippen LogP contribution < -0.4 is 5.32 Å². The minimum absolute atomic E-state index is 0.0568. The second-order valence-electron chi connectivity index (χ2n) is 6.69. The number of amides is 1. The highest BCUT2D eigenvalue weighted by molar-refractivity contribution is 5.93. The van der Waals surface area contributed by atoms with E-state index in [1.54, 1.807) is 12.3 Å². The summed E-state index contributed by atoms with van der Waals surface area (Å²) in [5, 5.41) is 3.00. The molecule has 1 heterocycles. The number of hydrogen-bond donors (Lipinski definition) is 1. The highest BCUT2D eigenvalue weighted by Gasteiger charge is 2.25. The number of pyridine rings is 1. The fourth-order valence-corrected chi connectivity index (χ4v) is 3.18. The van der Waals surface area contributed by atoms with E-state index in [0.29, 0.717) is 23.8 Å². The van der Waals surface area contributed by atoms with Gasteiger partial charge in [0.15, 0.2) is 0 Å². The third-order valence-electron chi connectivity index (χ3n) is 4.80. The van der Waals surface area contributed by atoms with Gasteiger partial charge in [0.25, 0.3) is 5.91 Å². The summed E-state index contributed by atoms with van der Waals surface area (Å²) in [5.74, 6) is 1.14. The van der Waals surface area contributed by atoms with Crippen LogP contribution in [0.3, 0.4) is 0 Å². The fourth-order valence-electron chi connectivity index (χ4n) is 3.18. The molecular formula is C19H28N2O2. The van der Waals surface area contributed by atoms with Gasteiger partial charge in [-0.3, -0.25) is 14.6 Å². The lowest BCUT2D eigenvalue weighted by Gasteiger charge is -2.27. The molecule has 126 valence electrons. The molecule has 0 aromatic carbocycles. The van der Waals surface area contributed by atoms with E-state index in [-0.39, 0.29) is 11.8 Å². The van der Waals surface area contributed by atoms with Crippen LogP contribution in [-0.2, 0) is 4.79 Å². The molecule has 2 rings (SSSR count). The molecule has 1 aliphatic carbocycles. The summed E-state index contributed by atoms with van der Waals surface area (Å²) in [6.45, 7) is 4.72. The third kappa shape index (κ3) is 5.45. The Labute approximate surface area is 139 Å². The van der Waals surface area contributed by atoms with E-state index >= 15 is 0 Å². The standard InChI is InChI=1S/C19H28N2O2/c1-3-4-5-18(22)16-10-7-15(8-11-16)12-21-19(23)17-9-6-14(2)20-13-17/h6,9,13,15-16H,3-5,7-8,10-12H2,1-2H3,(H,21,23). The Kier molecular flexibility index (Phi) is 6.75. The number of carbonyl (C=O) groups excluding carboxylic acids is 2. The normalized spacial score (nSPS) is 21.0. The van der Waals surface area contributed by atoms with Crippen molar-refractivity contribution in [2.45, 2.75) is 58.8 Å². The van der Waals surface area contributed by atoms with Gasteiger partial charge in [0.1, 0.15) is 5.78 Å². The fraction of sp³-hybridized carbons (Fsp3) is 0.632. The van der Waals surface area contributed by atoms with Gasteiger partial charge >= 0.3 is 0 Å². The first kappa shape index (κ1) is 17.6. The Balaban J connectivity index is 1.71. The van der Waals surface area contributed by atoms with Crippen LogP contribution in [0.2, 0.25) is 0 Å². The molecule has 0 spiro atoms. The molecular weight excluding hydrogens is 288 g/mol. The summed E-state index contributed by atoms with van der Waals surface area (Å²) in [6, 6.07) is 3.66. The molecule has 4 nitrogen and oxygen atoms in total. The lowest BCUT2D eigenvalue weighted by Crippen LogP contribution is -2.32. The minimum atomic E-state index is -0.0568. The Morgan fingerprint density at radius 1 is 1.22 bits per heavy atom. The van der Waals surface area contributed by atoms with E-state index in [9.17, 15) is 9.59 Å². The van der Waals surface area contributed by atoms with Crippen molar-refractivity contribution < 1.29 is 9.59 Å². The lowest BCUT2D eigenvalue weighted by molar-refractivity contribution is -0.124. The highest BCUT2D eigenvalue weighted by atomic mass is 16.1. The van der Waals surface area contributed by atoms with Crippen LogP contribution in [0.15, 0.2) is 18.3 Å². The first-order chi connectivity index (χ1) is 11.1. The number of nitrogens with zero attached hydrogens (tertiary/aromatic N) is 1. The van der Waals surface area contributed by atoms with Crippen LogP contribution in [-0.4, -0.2) is 23.2 Å². The van der Waals surface area contributed by atoms with Crippen molar-refractivity contribution in [1.82, 2.24) is 10.3 Å². The van der Waals surface area contributed by atoms with Crippen molar-refractivity contribution >= 4 is 11.7 Å². The number of ketones is 1. The van der Waals surface area contributed by atoms with Gasteiger partial charge in [-0.15, -0.1) is 0 Å². The second-order valence-corrected chi connectivity index (χ2v) is 6.69. The van der Waals surface area contributed by atoms with Crippen molar-refractivity contribution in [2.75, 3.05) is 6.54 Å². The van der Waals surface area contributed by atoms with E-state index in [0.717, 1.165) is 50.6 Å². The Bertz CT molecular complexity index is 517. The predicted octanol–water partition coefficient (Wildman–Crippen LogP) is 3.69. The lowest BCUT2D eigenvalue weighted by atomic mass is 9.79. The van der Waals surface area contributed by atoms with Gasteiger partial charge in [-0.1, -0.05) is 13.3 Å². The van der Waals surface area contributed by atoms with E-state index in [4.69, 9.17) is 0 Å². The number of aryl methyl sites for hydroxylation is 1. The molecule has 0 radical (unpaired) electrons. The second kappa shape index (κ2) is 8.80. The number of hydrogen-bond acceptors (Lipinski definition) is 3. The molecule has 1 aromatic heterocycles. The smallest absolute Gasteiger partial charge is 0.252 e. The number of Topliss-reactive ketones (excluding diaryl/α,β-unsaturated/α-hetero) is 1. The average molecular weight is 316 g/mol. The van der Waals surface area contributed by atoms with Gasteiger partial charge in [-0.25, -0.2) is 0 Å². The van der Waals surface area contributed by atoms with Crippen LogP contribution in [0.4, 0.5) is 0 Å². The Hall–Kier alpha value is -1.71. The number of nitrogens with one attached hydrogen (secondary N) is 1. The average Bonchev–Trinajstić information content (AvgIpc) is 2.58. The van der Waals surface area contributed by atoms with Gasteiger partial charge in [0.2, 0.25) is 0 Å². The maximum atomic E-state index is 12.1. The highest BCUT2D eigenvalue weighted by Crippen LogP contribution is 2.30. The van der Waals surface area contributed by atoms with Gasteiger partial charge in [0, 0.05) is 30.8 Å². The predicted molar refractivity (Wildman–Crippen MR) is 91.3 cm³/mol. The molecule has 1 N–H and O–H groups in total. The van der Waals surface area contributed by atoms with Crippen LogP contribution in [0.25, 0.3) is 0 Å². The van der Waals surface area contributed by atoms with E-state index < -0.39 is 0 Å². The first-order valence-corrected chi connectivity index (χ1v) is 8.83. The summed E-state index contributed by atoms with van der Waals surface area (Å²) in [6.07, 6.45) is 8.49. The zero-order valence-corrected chi connectivity index (χ0v) is 14.3. The third-order valence-corrected chi connectivity index (χ3v) is 4.80. The van der Waals surface area contributed by atoms with E-state index in [1.165, 1.54) is 0 Å². The topological polar surface area (TPSA) is 59.1 Å². The SMILES string of the molecule is CCCCC(=O)C1CCC(CNC(=O)c2ccc(C)nc2)CC1. The summed E-state index contributed by atoms with van der Waals surface area (Å²) < 4.78 is 0. The molecule has 1 aromatic rings. The largest absolute Gasteiger partial charge is 0.352 e. The molecule has 1 amide bonds. The molecule has 0 aliphatic heterocycles. The zero-order chi connectivity index (χ0) is 16.7. The van der Waals surface area contributed by atoms with Crippen LogP contribution in [0.1, 0.15) is 67.9 Å². The van der Waals surface area contributed by atoms with Gasteiger partial charge < -0.3 is 5.32 Å². The maximum Gasteiger partial charge on any atom is 0.252 e. The number of aromatic nitrogens is 1. The van der Waals surface area contributed by atoms with Crippen molar-refractivity contribution in [3.63, 3.8) is 0 Å². The summed E-state index contributed by atoms with van der Waals surface area (Å²) in [7, 11) is 0. The van der Waals surface area contributed by atoms with Crippen LogP contribution in [0.5, 0.6) is 0 Å². The Morgan fingerprint density at radius 3 is 2.57 bits per heavy atom. The van der Waals surface area contributed by atoms with E-state index in [1.807, 2.05) is 13.0 Å². The molecule has 0 bridgehead atoms. The summed E-state index contributed by atoms with van der Waals surface area (Å²) in [5.41, 5.74) is 1.52. The number of carbonyl (C=O) groups is 2. The summed E-state index contributed by atoms with van der Waals surface area (Å²) >= 11 is 0. The monoisotopic (exact) mass is 316 g/mol. The number of unbranched alkanes of at least 4 members (excludes halogenated alkanes) is 1. The quantitative estimate of drug-likeness (QED) is 0.834. The Morgan fingerprint density at radius 2 is 1.96 bits per heavy atom. The summed E-state index contributed by atoms with van der Waals surface area (Å²) in [4.78, 5) is 28.3.